The number of amides is 1. The number of carbonyl (C=O) groups is 1. The molecule has 2 fully saturated rings. The van der Waals surface area contributed by atoms with Crippen molar-refractivity contribution in [3.8, 4) is 0 Å². The smallest absolute Gasteiger partial charge is 0.255 e. The van der Waals surface area contributed by atoms with Gasteiger partial charge in [-0.15, -0.1) is 12.4 Å². The second kappa shape index (κ2) is 7.77. The lowest BCUT2D eigenvalue weighted by molar-refractivity contribution is 0.0772. The molecule has 2 aliphatic rings. The number of aryl methyl sites for hydroxylation is 1. The summed E-state index contributed by atoms with van der Waals surface area (Å²) in [6.45, 7) is 8.09. The van der Waals surface area contributed by atoms with E-state index in [1.807, 2.05) is 30.0 Å². The van der Waals surface area contributed by atoms with Gasteiger partial charge in [0.15, 0.2) is 0 Å². The maximum Gasteiger partial charge on any atom is 0.255 e. The minimum atomic E-state index is 0. The van der Waals surface area contributed by atoms with Crippen LogP contribution in [0.3, 0.4) is 0 Å². The molecule has 1 atom stereocenters. The number of piperazine rings is 1. The van der Waals surface area contributed by atoms with Gasteiger partial charge in [0, 0.05) is 49.8 Å². The van der Waals surface area contributed by atoms with Gasteiger partial charge in [-0.2, -0.15) is 0 Å². The highest BCUT2D eigenvalue weighted by atomic mass is 79.9. The van der Waals surface area contributed by atoms with Crippen LogP contribution in [0.1, 0.15) is 22.3 Å². The summed E-state index contributed by atoms with van der Waals surface area (Å²) in [6.07, 6.45) is 1.09. The molecule has 0 spiro atoms. The largest absolute Gasteiger partial charge is 0.337 e. The molecule has 2 heterocycles. The molecule has 3 rings (SSSR count). The molecule has 2 aliphatic heterocycles. The van der Waals surface area contributed by atoms with Crippen LogP contribution in [0.2, 0.25) is 0 Å². The molecule has 6 heteroatoms. The van der Waals surface area contributed by atoms with E-state index in [1.54, 1.807) is 0 Å². The predicted molar refractivity (Wildman–Crippen MR) is 94.9 cm³/mol. The molecule has 0 saturated carbocycles. The van der Waals surface area contributed by atoms with Gasteiger partial charge >= 0.3 is 0 Å². The Labute approximate surface area is 146 Å². The highest BCUT2D eigenvalue weighted by molar-refractivity contribution is 9.10. The third-order valence-electron chi connectivity index (χ3n) is 4.47. The lowest BCUT2D eigenvalue weighted by atomic mass is 10.1. The maximum absolute atomic E-state index is 12.7. The van der Waals surface area contributed by atoms with Crippen molar-refractivity contribution < 1.29 is 4.79 Å². The van der Waals surface area contributed by atoms with Crippen molar-refractivity contribution in [2.45, 2.75) is 19.4 Å². The Balaban J connectivity index is 0.00000176. The normalized spacial score (nSPS) is 22.5. The molecular weight excluding hydrogens is 366 g/mol. The predicted octanol–water partition coefficient (Wildman–Crippen LogP) is 2.30. The van der Waals surface area contributed by atoms with Crippen molar-refractivity contribution in [3.63, 3.8) is 0 Å². The molecular formula is C16H23BrClN3O. The zero-order valence-electron chi connectivity index (χ0n) is 12.8. The highest BCUT2D eigenvalue weighted by Crippen LogP contribution is 2.23. The Bertz CT molecular complexity index is 534. The van der Waals surface area contributed by atoms with E-state index in [9.17, 15) is 4.79 Å². The Morgan fingerprint density at radius 3 is 2.68 bits per heavy atom. The molecule has 0 aromatic heterocycles. The van der Waals surface area contributed by atoms with E-state index in [2.05, 4.69) is 26.1 Å². The van der Waals surface area contributed by atoms with Crippen molar-refractivity contribution >= 4 is 34.2 Å². The summed E-state index contributed by atoms with van der Waals surface area (Å²) in [6, 6.07) is 6.47. The molecule has 2 saturated heterocycles. The van der Waals surface area contributed by atoms with Crippen LogP contribution in [0.15, 0.2) is 22.7 Å². The van der Waals surface area contributed by atoms with Gasteiger partial charge in [-0.3, -0.25) is 9.69 Å². The summed E-state index contributed by atoms with van der Waals surface area (Å²) in [5.41, 5.74) is 1.94. The fraction of sp³-hybridized carbons (Fsp3) is 0.562. The maximum atomic E-state index is 12.7. The molecule has 0 radical (unpaired) electrons. The Morgan fingerprint density at radius 1 is 1.27 bits per heavy atom. The molecule has 1 N–H and O–H groups in total. The Morgan fingerprint density at radius 2 is 2.00 bits per heavy atom. The number of halogens is 2. The van der Waals surface area contributed by atoms with Crippen LogP contribution < -0.4 is 5.32 Å². The average Bonchev–Trinajstić information content (AvgIpc) is 2.97. The van der Waals surface area contributed by atoms with Crippen LogP contribution in [0, 0.1) is 6.92 Å². The number of nitrogens with one attached hydrogen (secondary N) is 1. The summed E-state index contributed by atoms with van der Waals surface area (Å²) in [5, 5.41) is 3.38. The second-order valence-corrected chi connectivity index (χ2v) is 6.82. The van der Waals surface area contributed by atoms with Gasteiger partial charge in [0.1, 0.15) is 0 Å². The van der Waals surface area contributed by atoms with E-state index in [4.69, 9.17) is 0 Å². The lowest BCUT2D eigenvalue weighted by Crippen LogP contribution is -2.49. The Hall–Kier alpha value is -0.620. The molecule has 1 amide bonds. The number of hydrogen-bond donors (Lipinski definition) is 1. The molecule has 0 bridgehead atoms. The number of rotatable bonds is 2. The zero-order chi connectivity index (χ0) is 14.8. The van der Waals surface area contributed by atoms with Crippen LogP contribution in [0.4, 0.5) is 0 Å². The number of likely N-dealkylation sites (tertiary alicyclic amines) is 1. The fourth-order valence-corrected chi connectivity index (χ4v) is 3.90. The summed E-state index contributed by atoms with van der Waals surface area (Å²) in [4.78, 5) is 17.2. The average molecular weight is 389 g/mol. The van der Waals surface area contributed by atoms with Crippen molar-refractivity contribution in [1.82, 2.24) is 15.1 Å². The minimum absolute atomic E-state index is 0. The molecule has 122 valence electrons. The minimum Gasteiger partial charge on any atom is -0.337 e. The SMILES string of the molecule is Cc1ccc(C(=O)N2CCC(N3CCNCC3)C2)c(Br)c1.Cl. The van der Waals surface area contributed by atoms with E-state index in [0.29, 0.717) is 6.04 Å². The lowest BCUT2D eigenvalue weighted by Gasteiger charge is -2.32. The molecule has 1 unspecified atom stereocenters. The second-order valence-electron chi connectivity index (χ2n) is 5.96. The van der Waals surface area contributed by atoms with E-state index < -0.39 is 0 Å². The van der Waals surface area contributed by atoms with Crippen molar-refractivity contribution in [2.75, 3.05) is 39.3 Å². The van der Waals surface area contributed by atoms with E-state index >= 15 is 0 Å². The summed E-state index contributed by atoms with van der Waals surface area (Å²) < 4.78 is 0.901. The summed E-state index contributed by atoms with van der Waals surface area (Å²) >= 11 is 3.52. The van der Waals surface area contributed by atoms with Gasteiger partial charge in [0.25, 0.3) is 5.91 Å². The van der Waals surface area contributed by atoms with Gasteiger partial charge < -0.3 is 10.2 Å². The van der Waals surface area contributed by atoms with E-state index in [1.165, 1.54) is 5.56 Å². The molecule has 1 aromatic rings. The van der Waals surface area contributed by atoms with Crippen LogP contribution in [-0.2, 0) is 0 Å². The van der Waals surface area contributed by atoms with Crippen molar-refractivity contribution in [2.24, 2.45) is 0 Å². The topological polar surface area (TPSA) is 35.6 Å². The fourth-order valence-electron chi connectivity index (χ4n) is 3.24. The van der Waals surface area contributed by atoms with Gasteiger partial charge in [-0.1, -0.05) is 6.07 Å². The first-order valence-electron chi connectivity index (χ1n) is 7.65. The third-order valence-corrected chi connectivity index (χ3v) is 5.13. The van der Waals surface area contributed by atoms with Gasteiger partial charge in [-0.05, 0) is 47.0 Å². The van der Waals surface area contributed by atoms with Gasteiger partial charge in [0.2, 0.25) is 0 Å². The Kier molecular flexibility index (Phi) is 6.26. The first kappa shape index (κ1) is 17.7. The molecule has 22 heavy (non-hydrogen) atoms. The van der Waals surface area contributed by atoms with Gasteiger partial charge in [-0.25, -0.2) is 0 Å². The molecule has 0 aliphatic carbocycles. The van der Waals surface area contributed by atoms with Crippen LogP contribution >= 0.6 is 28.3 Å². The van der Waals surface area contributed by atoms with Crippen LogP contribution in [0.25, 0.3) is 0 Å². The quantitative estimate of drug-likeness (QED) is 0.844. The number of nitrogens with zero attached hydrogens (tertiary/aromatic N) is 2. The summed E-state index contributed by atoms with van der Waals surface area (Å²) in [7, 11) is 0. The first-order valence-corrected chi connectivity index (χ1v) is 8.44. The third kappa shape index (κ3) is 3.82. The van der Waals surface area contributed by atoms with E-state index in [0.717, 1.165) is 55.7 Å². The number of benzene rings is 1. The molecule has 4 nitrogen and oxygen atoms in total. The number of hydrogen-bond acceptors (Lipinski definition) is 3. The molecule has 1 aromatic carbocycles. The van der Waals surface area contributed by atoms with Crippen molar-refractivity contribution in [3.05, 3.63) is 33.8 Å². The van der Waals surface area contributed by atoms with Gasteiger partial charge in [0.05, 0.1) is 5.56 Å². The number of carbonyl (C=O) groups excluding carboxylic acids is 1. The van der Waals surface area contributed by atoms with Crippen LogP contribution in [-0.4, -0.2) is 61.0 Å². The van der Waals surface area contributed by atoms with E-state index in [-0.39, 0.29) is 18.3 Å². The first-order chi connectivity index (χ1) is 10.1. The zero-order valence-corrected chi connectivity index (χ0v) is 15.3. The monoisotopic (exact) mass is 387 g/mol. The van der Waals surface area contributed by atoms with Crippen molar-refractivity contribution in [1.29, 1.82) is 0 Å². The summed E-state index contributed by atoms with van der Waals surface area (Å²) in [5.74, 6) is 0.152. The van der Waals surface area contributed by atoms with Crippen LogP contribution in [0.5, 0.6) is 0 Å². The standard InChI is InChI=1S/C16H22BrN3O.ClH/c1-12-2-3-14(15(17)10-12)16(21)20-7-4-13(11-20)19-8-5-18-6-9-19;/h2-3,10,13,18H,4-9,11H2,1H3;1H. The highest BCUT2D eigenvalue weighted by Gasteiger charge is 2.31.